The average Bonchev–Trinajstić information content (AvgIpc) is 2.43. The third-order valence-corrected chi connectivity index (χ3v) is 3.39. The average molecular weight is 255 g/mol. The molecular weight excluding hydrogens is 234 g/mol. The zero-order chi connectivity index (χ0) is 13.7. The SMILES string of the molecule is Cc1cccc(CN(C)CCc2ccccc2)c1O. The molecule has 0 saturated carbocycles. The fraction of sp³-hybridized carbons (Fsp3) is 0.294. The number of benzene rings is 2. The van der Waals surface area contributed by atoms with Gasteiger partial charge in [-0.15, -0.1) is 0 Å². The fourth-order valence-corrected chi connectivity index (χ4v) is 2.18. The highest BCUT2D eigenvalue weighted by Gasteiger charge is 2.06. The lowest BCUT2D eigenvalue weighted by Crippen LogP contribution is -2.20. The van der Waals surface area contributed by atoms with Gasteiger partial charge in [-0.3, -0.25) is 0 Å². The molecule has 0 radical (unpaired) electrons. The molecule has 0 bridgehead atoms. The molecule has 0 spiro atoms. The number of hydrogen-bond donors (Lipinski definition) is 1. The molecule has 0 aromatic heterocycles. The van der Waals surface area contributed by atoms with Crippen LogP contribution in [0.15, 0.2) is 48.5 Å². The van der Waals surface area contributed by atoms with Crippen molar-refractivity contribution in [1.29, 1.82) is 0 Å². The molecule has 0 unspecified atom stereocenters. The molecule has 0 atom stereocenters. The van der Waals surface area contributed by atoms with E-state index in [-0.39, 0.29) is 0 Å². The van der Waals surface area contributed by atoms with Crippen LogP contribution >= 0.6 is 0 Å². The molecule has 100 valence electrons. The molecule has 0 aliphatic heterocycles. The highest BCUT2D eigenvalue weighted by Crippen LogP contribution is 2.22. The first-order valence-electron chi connectivity index (χ1n) is 6.67. The molecule has 1 N–H and O–H groups in total. The third kappa shape index (κ3) is 3.83. The molecule has 0 saturated heterocycles. The Hall–Kier alpha value is -1.80. The Morgan fingerprint density at radius 1 is 1.00 bits per heavy atom. The first-order chi connectivity index (χ1) is 9.16. The second kappa shape index (κ2) is 6.39. The van der Waals surface area contributed by atoms with Crippen LogP contribution in [0, 0.1) is 6.92 Å². The topological polar surface area (TPSA) is 23.5 Å². The van der Waals surface area contributed by atoms with E-state index < -0.39 is 0 Å². The van der Waals surface area contributed by atoms with Gasteiger partial charge in [0.25, 0.3) is 0 Å². The van der Waals surface area contributed by atoms with Gasteiger partial charge in [0, 0.05) is 18.7 Å². The van der Waals surface area contributed by atoms with Crippen LogP contribution < -0.4 is 0 Å². The smallest absolute Gasteiger partial charge is 0.122 e. The summed E-state index contributed by atoms with van der Waals surface area (Å²) in [6, 6.07) is 16.4. The Morgan fingerprint density at radius 3 is 2.47 bits per heavy atom. The Bertz CT molecular complexity index is 522. The summed E-state index contributed by atoms with van der Waals surface area (Å²) in [5.41, 5.74) is 3.28. The van der Waals surface area contributed by atoms with Crippen molar-refractivity contribution >= 4 is 0 Å². The molecule has 2 aromatic carbocycles. The van der Waals surface area contributed by atoms with Gasteiger partial charge in [-0.1, -0.05) is 48.5 Å². The first kappa shape index (κ1) is 13.6. The minimum Gasteiger partial charge on any atom is -0.507 e. The monoisotopic (exact) mass is 255 g/mol. The largest absolute Gasteiger partial charge is 0.507 e. The Balaban J connectivity index is 1.91. The Labute approximate surface area is 115 Å². The van der Waals surface area contributed by atoms with E-state index in [0.717, 1.165) is 30.6 Å². The number of likely N-dealkylation sites (N-methyl/N-ethyl adjacent to an activating group) is 1. The maximum Gasteiger partial charge on any atom is 0.122 e. The van der Waals surface area contributed by atoms with E-state index in [1.165, 1.54) is 5.56 Å². The van der Waals surface area contributed by atoms with Crippen molar-refractivity contribution in [2.24, 2.45) is 0 Å². The predicted molar refractivity (Wildman–Crippen MR) is 79.3 cm³/mol. The van der Waals surface area contributed by atoms with Gasteiger partial charge in [-0.25, -0.2) is 0 Å². The van der Waals surface area contributed by atoms with E-state index in [1.54, 1.807) is 0 Å². The van der Waals surface area contributed by atoms with Crippen LogP contribution in [0.4, 0.5) is 0 Å². The third-order valence-electron chi connectivity index (χ3n) is 3.39. The fourth-order valence-electron chi connectivity index (χ4n) is 2.18. The van der Waals surface area contributed by atoms with Crippen LogP contribution in [0.3, 0.4) is 0 Å². The molecule has 19 heavy (non-hydrogen) atoms. The quantitative estimate of drug-likeness (QED) is 0.885. The number of aromatic hydroxyl groups is 1. The lowest BCUT2D eigenvalue weighted by molar-refractivity contribution is 0.324. The molecule has 2 rings (SSSR count). The van der Waals surface area contributed by atoms with Gasteiger partial charge in [0.15, 0.2) is 0 Å². The summed E-state index contributed by atoms with van der Waals surface area (Å²) in [7, 11) is 2.09. The lowest BCUT2D eigenvalue weighted by atomic mass is 10.1. The van der Waals surface area contributed by atoms with Crippen molar-refractivity contribution in [3.8, 4) is 5.75 Å². The van der Waals surface area contributed by atoms with Crippen molar-refractivity contribution in [2.75, 3.05) is 13.6 Å². The van der Waals surface area contributed by atoms with Crippen molar-refractivity contribution in [1.82, 2.24) is 4.90 Å². The van der Waals surface area contributed by atoms with Crippen LogP contribution in [0.25, 0.3) is 0 Å². The summed E-state index contributed by atoms with van der Waals surface area (Å²) in [6.07, 6.45) is 1.03. The number of phenolic OH excluding ortho intramolecular Hbond substituents is 1. The normalized spacial score (nSPS) is 10.9. The number of nitrogens with zero attached hydrogens (tertiary/aromatic N) is 1. The van der Waals surface area contributed by atoms with Crippen molar-refractivity contribution in [3.63, 3.8) is 0 Å². The van der Waals surface area contributed by atoms with Gasteiger partial charge in [0.1, 0.15) is 5.75 Å². The molecule has 2 nitrogen and oxygen atoms in total. The predicted octanol–water partition coefficient (Wildman–Crippen LogP) is 3.38. The van der Waals surface area contributed by atoms with Crippen molar-refractivity contribution in [2.45, 2.75) is 19.9 Å². The second-order valence-electron chi connectivity index (χ2n) is 5.06. The lowest BCUT2D eigenvalue weighted by Gasteiger charge is -2.18. The Morgan fingerprint density at radius 2 is 1.74 bits per heavy atom. The molecule has 0 fully saturated rings. The summed E-state index contributed by atoms with van der Waals surface area (Å²) in [5, 5.41) is 10.0. The molecule has 0 amide bonds. The maximum atomic E-state index is 10.0. The van der Waals surface area contributed by atoms with Gasteiger partial charge in [0.05, 0.1) is 0 Å². The second-order valence-corrected chi connectivity index (χ2v) is 5.06. The van der Waals surface area contributed by atoms with E-state index >= 15 is 0 Å². The van der Waals surface area contributed by atoms with Crippen LogP contribution in [0.1, 0.15) is 16.7 Å². The zero-order valence-corrected chi connectivity index (χ0v) is 11.6. The summed E-state index contributed by atoms with van der Waals surface area (Å²) in [6.45, 7) is 3.69. The maximum absolute atomic E-state index is 10.0. The standard InChI is InChI=1S/C17H21NO/c1-14-7-6-10-16(17(14)19)13-18(2)12-11-15-8-4-3-5-9-15/h3-10,19H,11-13H2,1-2H3. The number of hydrogen-bond acceptors (Lipinski definition) is 2. The summed E-state index contributed by atoms with van der Waals surface area (Å²) < 4.78 is 0. The van der Waals surface area contributed by atoms with Gasteiger partial charge in [-0.2, -0.15) is 0 Å². The summed E-state index contributed by atoms with van der Waals surface area (Å²) in [5.74, 6) is 0.425. The molecule has 0 heterocycles. The van der Waals surface area contributed by atoms with Gasteiger partial charge >= 0.3 is 0 Å². The van der Waals surface area contributed by atoms with Gasteiger partial charge in [-0.05, 0) is 31.5 Å². The highest BCUT2D eigenvalue weighted by molar-refractivity contribution is 5.39. The summed E-state index contributed by atoms with van der Waals surface area (Å²) >= 11 is 0. The number of phenols is 1. The number of para-hydroxylation sites is 1. The van der Waals surface area contributed by atoms with Crippen LogP contribution in [0.5, 0.6) is 5.75 Å². The van der Waals surface area contributed by atoms with E-state index in [1.807, 2.05) is 31.2 Å². The molecule has 2 aromatic rings. The number of aryl methyl sites for hydroxylation is 1. The molecule has 0 aliphatic carbocycles. The van der Waals surface area contributed by atoms with Crippen LogP contribution in [-0.4, -0.2) is 23.6 Å². The van der Waals surface area contributed by atoms with E-state index in [9.17, 15) is 5.11 Å². The highest BCUT2D eigenvalue weighted by atomic mass is 16.3. The minimum atomic E-state index is 0.425. The van der Waals surface area contributed by atoms with Crippen molar-refractivity contribution in [3.05, 3.63) is 65.2 Å². The van der Waals surface area contributed by atoms with E-state index in [0.29, 0.717) is 5.75 Å². The molecular formula is C17H21NO. The Kier molecular flexibility index (Phi) is 4.58. The summed E-state index contributed by atoms with van der Waals surface area (Å²) in [4.78, 5) is 2.24. The van der Waals surface area contributed by atoms with Gasteiger partial charge in [0.2, 0.25) is 0 Å². The van der Waals surface area contributed by atoms with Crippen LogP contribution in [0.2, 0.25) is 0 Å². The molecule has 2 heteroatoms. The first-order valence-corrected chi connectivity index (χ1v) is 6.67. The van der Waals surface area contributed by atoms with Gasteiger partial charge < -0.3 is 10.0 Å². The van der Waals surface area contributed by atoms with Crippen LogP contribution in [-0.2, 0) is 13.0 Å². The number of rotatable bonds is 5. The van der Waals surface area contributed by atoms with E-state index in [4.69, 9.17) is 0 Å². The zero-order valence-electron chi connectivity index (χ0n) is 11.6. The minimum absolute atomic E-state index is 0.425. The van der Waals surface area contributed by atoms with E-state index in [2.05, 4.69) is 36.2 Å². The van der Waals surface area contributed by atoms with Crippen molar-refractivity contribution < 1.29 is 5.11 Å². The molecule has 0 aliphatic rings.